The van der Waals surface area contributed by atoms with Gasteiger partial charge in [0.25, 0.3) is 5.22 Å². The van der Waals surface area contributed by atoms with E-state index in [9.17, 15) is 4.79 Å². The van der Waals surface area contributed by atoms with Crippen molar-refractivity contribution in [2.45, 2.75) is 38.5 Å². The van der Waals surface area contributed by atoms with Gasteiger partial charge in [0.2, 0.25) is 18.6 Å². The first kappa shape index (κ1) is 22.3. The lowest BCUT2D eigenvalue weighted by Gasteiger charge is -2.41. The van der Waals surface area contributed by atoms with Crippen molar-refractivity contribution in [3.63, 3.8) is 0 Å². The summed E-state index contributed by atoms with van der Waals surface area (Å²) in [6, 6.07) is 11.3. The van der Waals surface area contributed by atoms with Crippen LogP contribution in [0.3, 0.4) is 0 Å². The molecule has 0 N–H and O–H groups in total. The summed E-state index contributed by atoms with van der Waals surface area (Å²) in [7, 11) is 0. The van der Waals surface area contributed by atoms with Crippen LogP contribution in [0.15, 0.2) is 52.1 Å². The Hall–Kier alpha value is -3.46. The third kappa shape index (κ3) is 4.11. The minimum Gasteiger partial charge on any atom is -0.494 e. The molecule has 0 radical (unpaired) electrons. The molecule has 5 rings (SSSR count). The van der Waals surface area contributed by atoms with E-state index in [-0.39, 0.29) is 18.5 Å². The van der Waals surface area contributed by atoms with Crippen molar-refractivity contribution in [2.75, 3.05) is 24.1 Å². The highest BCUT2D eigenvalue weighted by molar-refractivity contribution is 7.99. The molecule has 1 amide bonds. The molecule has 9 heteroatoms. The monoisotopic (exact) mass is 479 g/mol. The molecule has 0 bridgehead atoms. The quantitative estimate of drug-likeness (QED) is 0.447. The number of carbonyl (C=O) groups excluding carboxylic acids is 1. The predicted octanol–water partition coefficient (Wildman–Crippen LogP) is 5.18. The Morgan fingerprint density at radius 3 is 2.79 bits per heavy atom. The standard InChI is InChI=1S/C25H25N3O5S/c1-5-30-17-7-8-19-18(11-17)15(2)12-25(3,4)28(19)22(29)13-34-24-27-26-23(33-24)16-6-9-20-21(10-16)32-14-31-20/h6-12H,5,13-14H2,1-4H3. The van der Waals surface area contributed by atoms with Gasteiger partial charge < -0.3 is 23.5 Å². The highest BCUT2D eigenvalue weighted by atomic mass is 32.2. The maximum Gasteiger partial charge on any atom is 0.277 e. The van der Waals surface area contributed by atoms with Crippen LogP contribution in [-0.4, -0.2) is 40.8 Å². The van der Waals surface area contributed by atoms with E-state index < -0.39 is 5.54 Å². The molecule has 0 saturated carbocycles. The van der Waals surface area contributed by atoms with Gasteiger partial charge in [-0.1, -0.05) is 17.8 Å². The summed E-state index contributed by atoms with van der Waals surface area (Å²) in [6.07, 6.45) is 2.11. The molecule has 2 aliphatic rings. The number of hydrogen-bond donors (Lipinski definition) is 0. The lowest BCUT2D eigenvalue weighted by Crippen LogP contribution is -2.49. The molecule has 3 heterocycles. The van der Waals surface area contributed by atoms with Gasteiger partial charge >= 0.3 is 0 Å². The first-order valence-corrected chi connectivity index (χ1v) is 12.0. The summed E-state index contributed by atoms with van der Waals surface area (Å²) in [5.41, 5.74) is 3.22. The number of nitrogens with zero attached hydrogens (tertiary/aromatic N) is 3. The van der Waals surface area contributed by atoms with E-state index in [0.717, 1.165) is 28.1 Å². The van der Waals surface area contributed by atoms with Crippen molar-refractivity contribution >= 4 is 28.9 Å². The minimum atomic E-state index is -0.478. The Morgan fingerprint density at radius 2 is 1.97 bits per heavy atom. The van der Waals surface area contributed by atoms with Crippen LogP contribution < -0.4 is 19.1 Å². The van der Waals surface area contributed by atoms with Gasteiger partial charge in [0.15, 0.2) is 11.5 Å². The molecule has 0 saturated heterocycles. The van der Waals surface area contributed by atoms with E-state index in [1.165, 1.54) is 11.8 Å². The van der Waals surface area contributed by atoms with E-state index in [1.54, 1.807) is 12.1 Å². The molecule has 0 aliphatic carbocycles. The highest BCUT2D eigenvalue weighted by Crippen LogP contribution is 2.41. The average molecular weight is 480 g/mol. The lowest BCUT2D eigenvalue weighted by atomic mass is 9.88. The number of aromatic nitrogens is 2. The van der Waals surface area contributed by atoms with Crippen LogP contribution in [0.2, 0.25) is 0 Å². The molecule has 0 fully saturated rings. The van der Waals surface area contributed by atoms with Crippen LogP contribution in [0.25, 0.3) is 17.0 Å². The van der Waals surface area contributed by atoms with E-state index >= 15 is 0 Å². The fourth-order valence-electron chi connectivity index (χ4n) is 4.32. The summed E-state index contributed by atoms with van der Waals surface area (Å²) in [5.74, 6) is 2.59. The SMILES string of the molecule is CCOc1ccc2c(c1)C(C)=CC(C)(C)N2C(=O)CSc1nnc(-c2ccc3c(c2)OCO3)o1. The molecule has 8 nitrogen and oxygen atoms in total. The van der Waals surface area contributed by atoms with Crippen molar-refractivity contribution in [1.29, 1.82) is 0 Å². The third-order valence-corrected chi connectivity index (χ3v) is 6.49. The van der Waals surface area contributed by atoms with E-state index in [2.05, 4.69) is 23.2 Å². The number of carbonyl (C=O) groups is 1. The molecule has 176 valence electrons. The maximum atomic E-state index is 13.4. The lowest BCUT2D eigenvalue weighted by molar-refractivity contribution is -0.116. The van der Waals surface area contributed by atoms with Gasteiger partial charge in [-0.25, -0.2) is 0 Å². The Morgan fingerprint density at radius 1 is 1.15 bits per heavy atom. The summed E-state index contributed by atoms with van der Waals surface area (Å²) < 4.78 is 22.2. The zero-order valence-electron chi connectivity index (χ0n) is 19.5. The topological polar surface area (TPSA) is 86.9 Å². The number of rotatable bonds is 6. The number of thioether (sulfide) groups is 1. The van der Waals surface area contributed by atoms with Crippen LogP contribution in [0.5, 0.6) is 17.2 Å². The van der Waals surface area contributed by atoms with Crippen molar-refractivity contribution < 1.29 is 23.4 Å². The second-order valence-corrected chi connectivity index (χ2v) is 9.48. The molecular weight excluding hydrogens is 454 g/mol. The number of anilines is 1. The molecule has 3 aromatic rings. The number of hydrogen-bond acceptors (Lipinski definition) is 8. The normalized spacial score (nSPS) is 15.6. The largest absolute Gasteiger partial charge is 0.494 e. The van der Waals surface area contributed by atoms with Crippen molar-refractivity contribution in [3.8, 4) is 28.7 Å². The predicted molar refractivity (Wildman–Crippen MR) is 129 cm³/mol. The second kappa shape index (κ2) is 8.72. The first-order chi connectivity index (χ1) is 16.4. The van der Waals surface area contributed by atoms with Gasteiger partial charge in [0.1, 0.15) is 5.75 Å². The molecule has 0 unspecified atom stereocenters. The molecule has 2 aromatic carbocycles. The first-order valence-electron chi connectivity index (χ1n) is 11.0. The van der Waals surface area contributed by atoms with Gasteiger partial charge in [0, 0.05) is 11.1 Å². The molecular formula is C25H25N3O5S. The number of ether oxygens (including phenoxy) is 3. The molecule has 0 atom stereocenters. The van der Waals surface area contributed by atoms with Crippen molar-refractivity contribution in [2.24, 2.45) is 0 Å². The van der Waals surface area contributed by atoms with Gasteiger partial charge in [-0.15, -0.1) is 10.2 Å². The number of allylic oxidation sites excluding steroid dienone is 1. The van der Waals surface area contributed by atoms with E-state index in [4.69, 9.17) is 18.6 Å². The number of amides is 1. The molecule has 2 aliphatic heterocycles. The maximum absolute atomic E-state index is 13.4. The van der Waals surface area contributed by atoms with E-state index in [1.807, 2.05) is 49.9 Å². The highest BCUT2D eigenvalue weighted by Gasteiger charge is 2.36. The number of fused-ring (bicyclic) bond motifs is 2. The van der Waals surface area contributed by atoms with Crippen LogP contribution in [0, 0.1) is 0 Å². The summed E-state index contributed by atoms with van der Waals surface area (Å²) in [4.78, 5) is 15.2. The third-order valence-electron chi connectivity index (χ3n) is 5.69. The molecule has 1 aromatic heterocycles. The van der Waals surface area contributed by atoms with Gasteiger partial charge in [-0.05, 0) is 69.7 Å². The van der Waals surface area contributed by atoms with Crippen LogP contribution >= 0.6 is 11.8 Å². The Kier molecular flexibility index (Phi) is 5.73. The Balaban J connectivity index is 1.33. The zero-order valence-corrected chi connectivity index (χ0v) is 20.3. The van der Waals surface area contributed by atoms with E-state index in [0.29, 0.717) is 29.2 Å². The van der Waals surface area contributed by atoms with Crippen LogP contribution in [0.1, 0.15) is 33.3 Å². The Labute approximate surface area is 201 Å². The summed E-state index contributed by atoms with van der Waals surface area (Å²) in [6.45, 7) is 8.86. The second-order valence-electron chi connectivity index (χ2n) is 8.55. The molecule has 34 heavy (non-hydrogen) atoms. The van der Waals surface area contributed by atoms with Gasteiger partial charge in [0.05, 0.1) is 23.6 Å². The summed E-state index contributed by atoms with van der Waals surface area (Å²) in [5, 5.41) is 8.55. The van der Waals surface area contributed by atoms with Gasteiger partial charge in [-0.2, -0.15) is 0 Å². The fraction of sp³-hybridized carbons (Fsp3) is 0.320. The van der Waals surface area contributed by atoms with Crippen LogP contribution in [-0.2, 0) is 4.79 Å². The Bertz CT molecular complexity index is 1280. The fourth-order valence-corrected chi connectivity index (χ4v) is 4.94. The zero-order chi connectivity index (χ0) is 23.9. The molecule has 0 spiro atoms. The van der Waals surface area contributed by atoms with Crippen LogP contribution in [0.4, 0.5) is 5.69 Å². The van der Waals surface area contributed by atoms with Crippen molar-refractivity contribution in [3.05, 3.63) is 48.0 Å². The average Bonchev–Trinajstić information content (AvgIpc) is 3.46. The summed E-state index contributed by atoms with van der Waals surface area (Å²) >= 11 is 1.22. The number of benzene rings is 2. The smallest absolute Gasteiger partial charge is 0.277 e. The van der Waals surface area contributed by atoms with Crippen molar-refractivity contribution in [1.82, 2.24) is 10.2 Å². The minimum absolute atomic E-state index is 0.0491. The van der Waals surface area contributed by atoms with Gasteiger partial charge in [-0.3, -0.25) is 4.79 Å².